The van der Waals surface area contributed by atoms with Crippen molar-refractivity contribution in [1.29, 1.82) is 0 Å². The molecule has 1 aliphatic heterocycles. The van der Waals surface area contributed by atoms with E-state index in [1.54, 1.807) is 14.2 Å². The van der Waals surface area contributed by atoms with Gasteiger partial charge in [0.1, 0.15) is 0 Å². The molecule has 8 nitrogen and oxygen atoms in total. The van der Waals surface area contributed by atoms with Crippen molar-refractivity contribution in [3.63, 3.8) is 0 Å². The normalized spacial score (nSPS) is 13.8. The molecule has 0 fully saturated rings. The molecule has 1 aliphatic rings. The Hall–Kier alpha value is -3.63. The van der Waals surface area contributed by atoms with Crippen LogP contribution < -0.4 is 18.6 Å². The van der Waals surface area contributed by atoms with Crippen LogP contribution in [0.15, 0.2) is 70.6 Å². The minimum absolute atomic E-state index is 0.139. The zero-order chi connectivity index (χ0) is 25.4. The third-order valence-electron chi connectivity index (χ3n) is 6.24. The van der Waals surface area contributed by atoms with Gasteiger partial charge in [-0.05, 0) is 49.2 Å². The second-order valence-corrected chi connectivity index (χ2v) is 11.1. The van der Waals surface area contributed by atoms with Crippen molar-refractivity contribution in [2.24, 2.45) is 4.99 Å². The Labute approximate surface area is 213 Å². The SMILES string of the molecule is CCn1c(=NC(=O)c2ccc(S(=O)(=O)N3CCc4ccccc43)cc2)sc2cc(OC)c(OC)cc21. The second kappa shape index (κ2) is 9.44. The Kier molecular flexibility index (Phi) is 6.31. The van der Waals surface area contributed by atoms with E-state index in [0.717, 1.165) is 15.8 Å². The van der Waals surface area contributed by atoms with Gasteiger partial charge in [-0.2, -0.15) is 4.99 Å². The van der Waals surface area contributed by atoms with Gasteiger partial charge in [0.25, 0.3) is 15.9 Å². The van der Waals surface area contributed by atoms with Crippen LogP contribution in [0.4, 0.5) is 5.69 Å². The summed E-state index contributed by atoms with van der Waals surface area (Å²) in [4.78, 5) is 18.0. The van der Waals surface area contributed by atoms with Crippen LogP contribution in [-0.4, -0.2) is 39.7 Å². The lowest BCUT2D eigenvalue weighted by molar-refractivity contribution is 0.0997. The third-order valence-corrected chi connectivity index (χ3v) is 9.10. The van der Waals surface area contributed by atoms with Crippen molar-refractivity contribution in [2.75, 3.05) is 25.1 Å². The van der Waals surface area contributed by atoms with Gasteiger partial charge in [0.15, 0.2) is 16.3 Å². The van der Waals surface area contributed by atoms with Gasteiger partial charge in [-0.25, -0.2) is 8.42 Å². The van der Waals surface area contributed by atoms with Crippen LogP contribution in [0.3, 0.4) is 0 Å². The van der Waals surface area contributed by atoms with E-state index in [2.05, 4.69) is 4.99 Å². The number of nitrogens with zero attached hydrogens (tertiary/aromatic N) is 3. The van der Waals surface area contributed by atoms with Crippen LogP contribution in [0, 0.1) is 0 Å². The number of carbonyl (C=O) groups is 1. The largest absolute Gasteiger partial charge is 0.493 e. The average molecular weight is 524 g/mol. The maximum atomic E-state index is 13.3. The van der Waals surface area contributed by atoms with Crippen LogP contribution >= 0.6 is 11.3 Å². The Bertz CT molecular complexity index is 1640. The molecule has 2 heterocycles. The first-order valence-corrected chi connectivity index (χ1v) is 13.7. The van der Waals surface area contributed by atoms with Crippen LogP contribution in [0.1, 0.15) is 22.8 Å². The smallest absolute Gasteiger partial charge is 0.279 e. The van der Waals surface area contributed by atoms with Crippen molar-refractivity contribution in [3.8, 4) is 11.5 Å². The van der Waals surface area contributed by atoms with Gasteiger partial charge < -0.3 is 14.0 Å². The molecule has 1 amide bonds. The Morgan fingerprint density at radius 1 is 1.03 bits per heavy atom. The first-order chi connectivity index (χ1) is 17.4. The molecule has 0 radical (unpaired) electrons. The van der Waals surface area contributed by atoms with Gasteiger partial charge in [-0.15, -0.1) is 0 Å². The molecule has 3 aromatic carbocycles. The number of ether oxygens (including phenoxy) is 2. The van der Waals surface area contributed by atoms with E-state index in [-0.39, 0.29) is 4.90 Å². The maximum absolute atomic E-state index is 13.3. The quantitative estimate of drug-likeness (QED) is 0.377. The van der Waals surface area contributed by atoms with Crippen LogP contribution in [0.2, 0.25) is 0 Å². The summed E-state index contributed by atoms with van der Waals surface area (Å²) < 4.78 is 41.6. The second-order valence-electron chi connectivity index (χ2n) is 8.20. The molecule has 1 aromatic heterocycles. The third kappa shape index (κ3) is 4.06. The number of fused-ring (bicyclic) bond motifs is 2. The predicted octanol–water partition coefficient (Wildman–Crippen LogP) is 4.23. The summed E-state index contributed by atoms with van der Waals surface area (Å²) >= 11 is 1.38. The molecule has 0 aliphatic carbocycles. The number of amides is 1. The van der Waals surface area contributed by atoms with Gasteiger partial charge in [0.2, 0.25) is 0 Å². The number of aromatic nitrogens is 1. The highest BCUT2D eigenvalue weighted by atomic mass is 32.2. The van der Waals surface area contributed by atoms with E-state index in [0.29, 0.717) is 47.1 Å². The molecule has 0 unspecified atom stereocenters. The van der Waals surface area contributed by atoms with Crippen LogP contribution in [-0.2, 0) is 23.0 Å². The Morgan fingerprint density at radius 3 is 2.42 bits per heavy atom. The van der Waals surface area contributed by atoms with Crippen molar-refractivity contribution in [1.82, 2.24) is 4.57 Å². The van der Waals surface area contributed by atoms with E-state index in [9.17, 15) is 13.2 Å². The molecular weight excluding hydrogens is 498 g/mol. The van der Waals surface area contributed by atoms with E-state index < -0.39 is 15.9 Å². The summed E-state index contributed by atoms with van der Waals surface area (Å²) in [5, 5.41) is 0. The van der Waals surface area contributed by atoms with Gasteiger partial charge in [-0.3, -0.25) is 9.10 Å². The minimum Gasteiger partial charge on any atom is -0.493 e. The number of para-hydroxylation sites is 1. The summed E-state index contributed by atoms with van der Waals surface area (Å²) in [6, 6.07) is 17.2. The zero-order valence-corrected chi connectivity index (χ0v) is 21.7. The first-order valence-electron chi connectivity index (χ1n) is 11.4. The monoisotopic (exact) mass is 523 g/mol. The van der Waals surface area contributed by atoms with E-state index >= 15 is 0 Å². The molecule has 4 aromatic rings. The summed E-state index contributed by atoms with van der Waals surface area (Å²) in [6.45, 7) is 2.98. The first kappa shape index (κ1) is 24.1. The van der Waals surface area contributed by atoms with Gasteiger partial charge >= 0.3 is 0 Å². The van der Waals surface area contributed by atoms with Crippen molar-refractivity contribution in [3.05, 3.63) is 76.6 Å². The number of hydrogen-bond donors (Lipinski definition) is 0. The molecule has 0 atom stereocenters. The minimum atomic E-state index is -3.73. The highest BCUT2D eigenvalue weighted by Gasteiger charge is 2.30. The molecule has 186 valence electrons. The molecule has 5 rings (SSSR count). The number of carbonyl (C=O) groups excluding carboxylic acids is 1. The lowest BCUT2D eigenvalue weighted by Gasteiger charge is -2.19. The van der Waals surface area contributed by atoms with Crippen molar-refractivity contribution >= 4 is 43.2 Å². The topological polar surface area (TPSA) is 90.2 Å². The summed E-state index contributed by atoms with van der Waals surface area (Å²) in [6.07, 6.45) is 0.676. The summed E-state index contributed by atoms with van der Waals surface area (Å²) in [7, 11) is -0.576. The summed E-state index contributed by atoms with van der Waals surface area (Å²) in [5.41, 5.74) is 2.91. The molecule has 36 heavy (non-hydrogen) atoms. The lowest BCUT2D eigenvalue weighted by atomic mass is 10.2. The van der Waals surface area contributed by atoms with Crippen molar-refractivity contribution in [2.45, 2.75) is 24.8 Å². The van der Waals surface area contributed by atoms with E-state index in [1.807, 2.05) is 47.9 Å². The molecule has 0 spiro atoms. The predicted molar refractivity (Wildman–Crippen MR) is 140 cm³/mol. The fraction of sp³-hybridized carbons (Fsp3) is 0.231. The van der Waals surface area contributed by atoms with Crippen molar-refractivity contribution < 1.29 is 22.7 Å². The number of thiazole rings is 1. The molecule has 0 bridgehead atoms. The van der Waals surface area contributed by atoms with Crippen LogP contribution in [0.25, 0.3) is 10.2 Å². The summed E-state index contributed by atoms with van der Waals surface area (Å²) in [5.74, 6) is 0.753. The van der Waals surface area contributed by atoms with Gasteiger partial charge in [0.05, 0.1) is 35.0 Å². The fourth-order valence-corrected chi connectivity index (χ4v) is 7.00. The zero-order valence-electron chi connectivity index (χ0n) is 20.1. The number of aryl methyl sites for hydroxylation is 1. The highest BCUT2D eigenvalue weighted by Crippen LogP contribution is 2.34. The molecule has 0 N–H and O–H groups in total. The standard InChI is InChI=1S/C26H25N3O5S2/c1-4-28-21-15-22(33-2)23(34-3)16-24(21)35-26(28)27-25(30)18-9-11-19(12-10-18)36(31,32)29-14-13-17-7-5-6-8-20(17)29/h5-12,15-16H,4,13-14H2,1-3H3. The number of rotatable bonds is 6. The van der Waals surface area contributed by atoms with E-state index in [1.165, 1.54) is 39.9 Å². The molecule has 10 heteroatoms. The molecular formula is C26H25N3O5S2. The fourth-order valence-electron chi connectivity index (χ4n) is 4.39. The van der Waals surface area contributed by atoms with E-state index in [4.69, 9.17) is 9.47 Å². The molecule has 0 saturated heterocycles. The van der Waals surface area contributed by atoms with Crippen LogP contribution in [0.5, 0.6) is 11.5 Å². The van der Waals surface area contributed by atoms with Gasteiger partial charge in [0, 0.05) is 30.8 Å². The molecule has 0 saturated carbocycles. The highest BCUT2D eigenvalue weighted by molar-refractivity contribution is 7.92. The average Bonchev–Trinajstić information content (AvgIpc) is 3.48. The number of sulfonamides is 1. The number of hydrogen-bond acceptors (Lipinski definition) is 6. The lowest BCUT2D eigenvalue weighted by Crippen LogP contribution is -2.29. The number of anilines is 1. The maximum Gasteiger partial charge on any atom is 0.279 e. The van der Waals surface area contributed by atoms with Gasteiger partial charge in [-0.1, -0.05) is 29.5 Å². The number of benzene rings is 3. The Morgan fingerprint density at radius 2 is 1.72 bits per heavy atom. The Balaban J connectivity index is 1.47. The number of methoxy groups -OCH3 is 2.